The van der Waals surface area contributed by atoms with Crippen molar-refractivity contribution in [2.24, 2.45) is 0 Å². The molecule has 1 aromatic carbocycles. The summed E-state index contributed by atoms with van der Waals surface area (Å²) in [5, 5.41) is 0. The molecule has 0 saturated carbocycles. The Morgan fingerprint density at radius 3 is 2.33 bits per heavy atom. The summed E-state index contributed by atoms with van der Waals surface area (Å²) >= 11 is 0. The van der Waals surface area contributed by atoms with E-state index < -0.39 is 48.7 Å². The number of aromatic nitrogens is 2. The Hall–Kier alpha value is -2.48. The van der Waals surface area contributed by atoms with Crippen LogP contribution in [0.15, 0.2) is 44.7 Å². The molecule has 3 aromatic rings. The van der Waals surface area contributed by atoms with E-state index in [1.807, 2.05) is 0 Å². The molecule has 0 N–H and O–H groups in total. The highest BCUT2D eigenvalue weighted by molar-refractivity contribution is 7.92. The van der Waals surface area contributed by atoms with Gasteiger partial charge in [0.05, 0.1) is 26.2 Å². The first kappa shape index (κ1) is 22.2. The number of sulfone groups is 1. The van der Waals surface area contributed by atoms with Crippen molar-refractivity contribution in [3.63, 3.8) is 0 Å². The third kappa shape index (κ3) is 3.93. The average Bonchev–Trinajstić information content (AvgIpc) is 3.08. The molecule has 30 heavy (non-hydrogen) atoms. The Balaban J connectivity index is 2.17. The normalized spacial score (nSPS) is 14.2. The van der Waals surface area contributed by atoms with Gasteiger partial charge in [-0.2, -0.15) is 26.3 Å². The molecule has 162 valence electrons. The zero-order valence-corrected chi connectivity index (χ0v) is 16.3. The zero-order valence-electron chi connectivity index (χ0n) is 14.7. The van der Waals surface area contributed by atoms with Crippen molar-refractivity contribution >= 4 is 31.7 Å². The van der Waals surface area contributed by atoms with Gasteiger partial charge in [0, 0.05) is 11.9 Å². The summed E-state index contributed by atoms with van der Waals surface area (Å²) in [7, 11) is -7.55. The second kappa shape index (κ2) is 7.34. The fraction of sp³-hybridized carbons (Fsp3) is 0.250. The highest BCUT2D eigenvalue weighted by Gasteiger charge is 2.47. The molecule has 0 amide bonds. The number of benzene rings is 1. The molecular formula is C16H10F6N2O4S2. The Bertz CT molecular complexity index is 1250. The van der Waals surface area contributed by atoms with Gasteiger partial charge in [-0.05, 0) is 24.3 Å². The predicted octanol–water partition coefficient (Wildman–Crippen LogP) is 4.33. The largest absolute Gasteiger partial charge is 0.501 e. The summed E-state index contributed by atoms with van der Waals surface area (Å²) < 4.78 is 118. The van der Waals surface area contributed by atoms with E-state index in [0.29, 0.717) is 24.4 Å². The van der Waals surface area contributed by atoms with Crippen molar-refractivity contribution in [1.29, 1.82) is 0 Å². The van der Waals surface area contributed by atoms with Crippen molar-refractivity contribution in [2.75, 3.05) is 5.75 Å². The van der Waals surface area contributed by atoms with E-state index in [1.54, 1.807) is 0 Å². The minimum absolute atomic E-state index is 0.0514. The maximum atomic E-state index is 13.0. The fourth-order valence-corrected chi connectivity index (χ4v) is 4.10. The highest BCUT2D eigenvalue weighted by Crippen LogP contribution is 2.35. The molecule has 0 saturated heterocycles. The number of fused-ring (bicyclic) bond motifs is 1. The van der Waals surface area contributed by atoms with E-state index in [-0.39, 0.29) is 27.4 Å². The quantitative estimate of drug-likeness (QED) is 0.525. The number of nitrogens with zero attached hydrogens (tertiary/aromatic N) is 2. The van der Waals surface area contributed by atoms with Crippen molar-refractivity contribution in [2.45, 2.75) is 28.4 Å². The van der Waals surface area contributed by atoms with Gasteiger partial charge in [0.25, 0.3) is 9.84 Å². The van der Waals surface area contributed by atoms with Crippen LogP contribution in [0.4, 0.5) is 26.3 Å². The van der Waals surface area contributed by atoms with Crippen LogP contribution in [-0.4, -0.2) is 33.9 Å². The van der Waals surface area contributed by atoms with Crippen LogP contribution in [0.2, 0.25) is 0 Å². The van der Waals surface area contributed by atoms with Gasteiger partial charge >= 0.3 is 11.7 Å². The van der Waals surface area contributed by atoms with Crippen LogP contribution in [0.1, 0.15) is 12.5 Å². The van der Waals surface area contributed by atoms with Crippen LogP contribution in [0.25, 0.3) is 22.7 Å². The molecule has 1 unspecified atom stereocenters. The topological polar surface area (TPSA) is 90.1 Å². The SMILES string of the molecule is CCS(=O)c1cc(C(F)(F)F)cnc1-c1nc2cc(S(=O)(=O)C(F)(F)F)ccc2o1. The summed E-state index contributed by atoms with van der Waals surface area (Å²) in [4.78, 5) is 6.04. The zero-order chi connectivity index (χ0) is 22.5. The first-order valence-electron chi connectivity index (χ1n) is 7.93. The molecular weight excluding hydrogens is 462 g/mol. The Morgan fingerprint density at radius 2 is 1.77 bits per heavy atom. The second-order valence-corrected chi connectivity index (χ2v) is 9.45. The Labute approximate surface area is 167 Å². The van der Waals surface area contributed by atoms with Crippen LogP contribution >= 0.6 is 0 Å². The number of rotatable bonds is 4. The average molecular weight is 472 g/mol. The molecule has 0 radical (unpaired) electrons. The van der Waals surface area contributed by atoms with E-state index in [0.717, 1.165) is 6.07 Å². The van der Waals surface area contributed by atoms with E-state index in [1.165, 1.54) is 6.92 Å². The predicted molar refractivity (Wildman–Crippen MR) is 92.4 cm³/mol. The van der Waals surface area contributed by atoms with E-state index in [9.17, 15) is 39.0 Å². The molecule has 1 atom stereocenters. The van der Waals surface area contributed by atoms with Crippen LogP contribution < -0.4 is 0 Å². The smallest absolute Gasteiger partial charge is 0.435 e. The highest BCUT2D eigenvalue weighted by atomic mass is 32.2. The molecule has 0 bridgehead atoms. The molecule has 3 rings (SSSR count). The van der Waals surface area contributed by atoms with Gasteiger partial charge in [-0.3, -0.25) is 4.21 Å². The van der Waals surface area contributed by atoms with Crippen molar-refractivity contribution in [3.05, 3.63) is 36.0 Å². The number of hydrogen-bond acceptors (Lipinski definition) is 6. The van der Waals surface area contributed by atoms with Gasteiger partial charge in [0.15, 0.2) is 5.58 Å². The third-order valence-electron chi connectivity index (χ3n) is 3.86. The van der Waals surface area contributed by atoms with Crippen molar-refractivity contribution in [3.8, 4) is 11.6 Å². The first-order chi connectivity index (χ1) is 13.8. The van der Waals surface area contributed by atoms with E-state index in [4.69, 9.17) is 4.42 Å². The summed E-state index contributed by atoms with van der Waals surface area (Å²) in [6.45, 7) is 1.46. The number of alkyl halides is 6. The Morgan fingerprint density at radius 1 is 1.10 bits per heavy atom. The molecule has 0 fully saturated rings. The maximum absolute atomic E-state index is 13.0. The van der Waals surface area contributed by atoms with Gasteiger partial charge in [0.2, 0.25) is 5.89 Å². The van der Waals surface area contributed by atoms with Gasteiger partial charge < -0.3 is 4.42 Å². The van der Waals surface area contributed by atoms with E-state index >= 15 is 0 Å². The molecule has 0 aliphatic heterocycles. The lowest BCUT2D eigenvalue weighted by Crippen LogP contribution is -2.23. The number of halogens is 6. The summed E-state index contributed by atoms with van der Waals surface area (Å²) in [6.07, 6.45) is -4.28. The summed E-state index contributed by atoms with van der Waals surface area (Å²) in [5.74, 6) is -0.471. The Kier molecular flexibility index (Phi) is 5.43. The molecule has 0 spiro atoms. The van der Waals surface area contributed by atoms with Gasteiger partial charge in [-0.25, -0.2) is 18.4 Å². The summed E-state index contributed by atoms with van der Waals surface area (Å²) in [6, 6.07) is 2.82. The molecule has 2 aromatic heterocycles. The minimum atomic E-state index is -5.64. The van der Waals surface area contributed by atoms with Crippen LogP contribution in [-0.2, 0) is 26.8 Å². The van der Waals surface area contributed by atoms with Crippen molar-refractivity contribution in [1.82, 2.24) is 9.97 Å². The van der Waals surface area contributed by atoms with Crippen molar-refractivity contribution < 1.29 is 43.4 Å². The third-order valence-corrected chi connectivity index (χ3v) is 6.67. The molecule has 0 aliphatic rings. The summed E-state index contributed by atoms with van der Waals surface area (Å²) in [5.41, 5.74) is -7.43. The van der Waals surface area contributed by atoms with Crippen LogP contribution in [0, 0.1) is 0 Å². The number of hydrogen-bond donors (Lipinski definition) is 0. The lowest BCUT2D eigenvalue weighted by molar-refractivity contribution is -0.138. The lowest BCUT2D eigenvalue weighted by Gasteiger charge is -2.10. The second-order valence-electron chi connectivity index (χ2n) is 5.80. The first-order valence-corrected chi connectivity index (χ1v) is 10.7. The molecule has 0 aliphatic carbocycles. The molecule has 6 nitrogen and oxygen atoms in total. The van der Waals surface area contributed by atoms with Gasteiger partial charge in [-0.15, -0.1) is 0 Å². The lowest BCUT2D eigenvalue weighted by atomic mass is 10.2. The minimum Gasteiger partial charge on any atom is -0.435 e. The van der Waals surface area contributed by atoms with Gasteiger partial charge in [0.1, 0.15) is 11.2 Å². The van der Waals surface area contributed by atoms with E-state index in [2.05, 4.69) is 9.97 Å². The van der Waals surface area contributed by atoms with Crippen LogP contribution in [0.3, 0.4) is 0 Å². The van der Waals surface area contributed by atoms with Crippen LogP contribution in [0.5, 0.6) is 0 Å². The maximum Gasteiger partial charge on any atom is 0.501 e. The monoisotopic (exact) mass is 472 g/mol. The van der Waals surface area contributed by atoms with Gasteiger partial charge in [-0.1, -0.05) is 6.92 Å². The number of oxazole rings is 1. The number of pyridine rings is 1. The fourth-order valence-electron chi connectivity index (χ4n) is 2.40. The molecule has 2 heterocycles. The molecule has 14 heteroatoms. The standard InChI is InChI=1S/C16H10F6N2O4S2/c1-2-29(25)12-5-8(15(17,18)19)7-23-13(12)14-24-10-6-9(3-4-11(10)28-14)30(26,27)16(20,21)22/h3-7H,2H2,1H3.